The molecule has 1 rings (SSSR count). The van der Waals surface area contributed by atoms with Crippen LogP contribution in [0.3, 0.4) is 0 Å². The first kappa shape index (κ1) is 10.3. The Bertz CT molecular complexity index is 304. The summed E-state index contributed by atoms with van der Waals surface area (Å²) in [7, 11) is 0. The first-order valence-corrected chi connectivity index (χ1v) is 4.63. The van der Waals surface area contributed by atoms with E-state index >= 15 is 0 Å². The van der Waals surface area contributed by atoms with Crippen LogP contribution >= 0.6 is 15.9 Å². The van der Waals surface area contributed by atoms with Crippen molar-refractivity contribution in [1.82, 2.24) is 0 Å². The molecule has 0 aliphatic rings. The summed E-state index contributed by atoms with van der Waals surface area (Å²) in [4.78, 5) is 0. The number of hydrogen-bond acceptors (Lipinski definition) is 3. The van der Waals surface area contributed by atoms with Gasteiger partial charge in [0.15, 0.2) is 0 Å². The number of halogens is 2. The molecule has 0 heterocycles. The van der Waals surface area contributed by atoms with Crippen molar-refractivity contribution in [2.24, 2.45) is 5.73 Å². The Balaban J connectivity index is 2.88. The predicted molar refractivity (Wildman–Crippen MR) is 56.1 cm³/mol. The van der Waals surface area contributed by atoms with Crippen molar-refractivity contribution in [2.75, 3.05) is 24.1 Å². The average molecular weight is 248 g/mol. The van der Waals surface area contributed by atoms with Crippen LogP contribution in [0.1, 0.15) is 0 Å². The van der Waals surface area contributed by atoms with Crippen LogP contribution in [-0.2, 0) is 0 Å². The van der Waals surface area contributed by atoms with E-state index in [0.29, 0.717) is 28.9 Å². The lowest BCUT2D eigenvalue weighted by Gasteiger charge is -2.08. The van der Waals surface area contributed by atoms with Gasteiger partial charge >= 0.3 is 0 Å². The van der Waals surface area contributed by atoms with Gasteiger partial charge in [-0.1, -0.05) is 0 Å². The molecule has 0 aliphatic heterocycles. The molecule has 0 fully saturated rings. The second-order valence-electron chi connectivity index (χ2n) is 2.57. The third-order valence-corrected chi connectivity index (χ3v) is 2.16. The zero-order chi connectivity index (χ0) is 9.84. The second kappa shape index (κ2) is 4.43. The number of benzene rings is 1. The smallest absolute Gasteiger partial charge is 0.139 e. The second-order valence-corrected chi connectivity index (χ2v) is 3.42. The van der Waals surface area contributed by atoms with E-state index in [1.165, 1.54) is 6.07 Å². The maximum atomic E-state index is 12.9. The fourth-order valence-corrected chi connectivity index (χ4v) is 1.27. The standard InChI is InChI=1S/C8H11BrFN3/c9-5-3-8(13-2-1-11)7(12)4-6(5)10/h3-4,13H,1-2,11-12H2. The van der Waals surface area contributed by atoms with Crippen molar-refractivity contribution >= 4 is 27.3 Å². The number of nitrogens with two attached hydrogens (primary N) is 2. The average Bonchev–Trinajstić information content (AvgIpc) is 2.09. The maximum Gasteiger partial charge on any atom is 0.139 e. The molecule has 0 radical (unpaired) electrons. The van der Waals surface area contributed by atoms with Crippen LogP contribution in [0.2, 0.25) is 0 Å². The molecule has 1 aromatic carbocycles. The zero-order valence-electron chi connectivity index (χ0n) is 6.98. The Hall–Kier alpha value is -0.810. The summed E-state index contributed by atoms with van der Waals surface area (Å²) in [5.74, 6) is -0.365. The molecule has 5 heteroatoms. The molecule has 0 aromatic heterocycles. The molecule has 0 bridgehead atoms. The van der Waals surface area contributed by atoms with E-state index in [1.54, 1.807) is 6.07 Å². The molecule has 0 atom stereocenters. The van der Waals surface area contributed by atoms with Crippen molar-refractivity contribution in [1.29, 1.82) is 0 Å². The van der Waals surface area contributed by atoms with Gasteiger partial charge in [0.25, 0.3) is 0 Å². The van der Waals surface area contributed by atoms with Crippen molar-refractivity contribution in [3.8, 4) is 0 Å². The molecule has 0 aliphatic carbocycles. The first-order chi connectivity index (χ1) is 6.15. The van der Waals surface area contributed by atoms with Crippen LogP contribution in [0, 0.1) is 5.82 Å². The van der Waals surface area contributed by atoms with Gasteiger partial charge in [-0.25, -0.2) is 4.39 Å². The van der Waals surface area contributed by atoms with Crippen molar-refractivity contribution in [2.45, 2.75) is 0 Å². The highest BCUT2D eigenvalue weighted by Crippen LogP contribution is 2.26. The van der Waals surface area contributed by atoms with Crippen LogP contribution in [0.4, 0.5) is 15.8 Å². The number of anilines is 2. The molecule has 0 saturated carbocycles. The summed E-state index contributed by atoms with van der Waals surface area (Å²) < 4.78 is 13.3. The SMILES string of the molecule is NCCNc1cc(Br)c(F)cc1N. The Morgan fingerprint density at radius 1 is 1.46 bits per heavy atom. The number of nitrogen functional groups attached to an aromatic ring is 1. The van der Waals surface area contributed by atoms with E-state index in [2.05, 4.69) is 21.2 Å². The van der Waals surface area contributed by atoms with Gasteiger partial charge in [-0.15, -0.1) is 0 Å². The maximum absolute atomic E-state index is 12.9. The molecule has 72 valence electrons. The summed E-state index contributed by atoms with van der Waals surface area (Å²) >= 11 is 3.07. The number of rotatable bonds is 3. The van der Waals surface area contributed by atoms with Gasteiger partial charge in [-0.2, -0.15) is 0 Å². The summed E-state index contributed by atoms with van der Waals surface area (Å²) in [5, 5.41) is 2.98. The van der Waals surface area contributed by atoms with Gasteiger partial charge in [-0.05, 0) is 22.0 Å². The lowest BCUT2D eigenvalue weighted by atomic mass is 10.2. The molecule has 0 amide bonds. The third kappa shape index (κ3) is 2.57. The van der Waals surface area contributed by atoms with Crippen LogP contribution in [-0.4, -0.2) is 13.1 Å². The van der Waals surface area contributed by atoms with Crippen molar-refractivity contribution < 1.29 is 4.39 Å². The van der Waals surface area contributed by atoms with Crippen LogP contribution in [0.15, 0.2) is 16.6 Å². The predicted octanol–water partition coefficient (Wildman–Crippen LogP) is 1.54. The molecule has 0 spiro atoms. The third-order valence-electron chi connectivity index (χ3n) is 1.55. The molecule has 3 nitrogen and oxygen atoms in total. The van der Waals surface area contributed by atoms with Gasteiger partial charge in [0.1, 0.15) is 5.82 Å². The summed E-state index contributed by atoms with van der Waals surface area (Å²) in [6.45, 7) is 1.12. The molecule has 5 N–H and O–H groups in total. The van der Waals surface area contributed by atoms with Gasteiger partial charge in [0.2, 0.25) is 0 Å². The van der Waals surface area contributed by atoms with Gasteiger partial charge < -0.3 is 16.8 Å². The zero-order valence-corrected chi connectivity index (χ0v) is 8.57. The Morgan fingerprint density at radius 3 is 2.77 bits per heavy atom. The van der Waals surface area contributed by atoms with Gasteiger partial charge in [-0.3, -0.25) is 0 Å². The molecule has 0 unspecified atom stereocenters. The minimum absolute atomic E-state index is 0.365. The van der Waals surface area contributed by atoms with Crippen molar-refractivity contribution in [3.63, 3.8) is 0 Å². The fraction of sp³-hybridized carbons (Fsp3) is 0.250. The lowest BCUT2D eigenvalue weighted by molar-refractivity contribution is 0.622. The van der Waals surface area contributed by atoms with E-state index in [0.717, 1.165) is 0 Å². The summed E-state index contributed by atoms with van der Waals surface area (Å²) in [5.41, 5.74) is 11.9. The Labute approximate surface area is 84.4 Å². The Kier molecular flexibility index (Phi) is 3.50. The topological polar surface area (TPSA) is 64.1 Å². The minimum Gasteiger partial charge on any atom is -0.397 e. The summed E-state index contributed by atoms with van der Waals surface area (Å²) in [6.07, 6.45) is 0. The van der Waals surface area contributed by atoms with E-state index < -0.39 is 0 Å². The number of nitrogens with one attached hydrogen (secondary N) is 1. The Morgan fingerprint density at radius 2 is 2.15 bits per heavy atom. The highest BCUT2D eigenvalue weighted by molar-refractivity contribution is 9.10. The van der Waals surface area contributed by atoms with E-state index in [4.69, 9.17) is 11.5 Å². The van der Waals surface area contributed by atoms with E-state index in [9.17, 15) is 4.39 Å². The highest BCUT2D eigenvalue weighted by Gasteiger charge is 2.04. The van der Waals surface area contributed by atoms with Crippen LogP contribution < -0.4 is 16.8 Å². The number of hydrogen-bond donors (Lipinski definition) is 3. The normalized spacial score (nSPS) is 10.1. The molecule has 0 saturated heterocycles. The highest BCUT2D eigenvalue weighted by atomic mass is 79.9. The van der Waals surface area contributed by atoms with Crippen LogP contribution in [0.25, 0.3) is 0 Å². The summed E-state index contributed by atoms with van der Waals surface area (Å²) in [6, 6.07) is 2.86. The molecule has 1 aromatic rings. The lowest BCUT2D eigenvalue weighted by Crippen LogP contribution is -2.14. The monoisotopic (exact) mass is 247 g/mol. The molecular formula is C8H11BrFN3. The quantitative estimate of drug-likeness (QED) is 0.711. The van der Waals surface area contributed by atoms with Crippen LogP contribution in [0.5, 0.6) is 0 Å². The first-order valence-electron chi connectivity index (χ1n) is 3.83. The molecule has 13 heavy (non-hydrogen) atoms. The fourth-order valence-electron chi connectivity index (χ4n) is 0.922. The largest absolute Gasteiger partial charge is 0.397 e. The molecular weight excluding hydrogens is 237 g/mol. The van der Waals surface area contributed by atoms with Crippen molar-refractivity contribution in [3.05, 3.63) is 22.4 Å². The van der Waals surface area contributed by atoms with E-state index in [1.807, 2.05) is 0 Å². The van der Waals surface area contributed by atoms with Gasteiger partial charge in [0, 0.05) is 19.2 Å². The van der Waals surface area contributed by atoms with E-state index in [-0.39, 0.29) is 5.82 Å². The minimum atomic E-state index is -0.365. The van der Waals surface area contributed by atoms with Gasteiger partial charge in [0.05, 0.1) is 15.8 Å².